The first kappa shape index (κ1) is 20.0. The predicted octanol–water partition coefficient (Wildman–Crippen LogP) is 0.476. The summed E-state index contributed by atoms with van der Waals surface area (Å²) in [7, 11) is 0. The van der Waals surface area contributed by atoms with E-state index in [9.17, 15) is 14.4 Å². The number of hydrogen-bond donors (Lipinski definition) is 3. The quantitative estimate of drug-likeness (QED) is 0.611. The Morgan fingerprint density at radius 2 is 1.81 bits per heavy atom. The highest BCUT2D eigenvalue weighted by molar-refractivity contribution is 5.98. The standard InChI is InChI=1S/C18H23N5O4/c1-4-27-15-8-6-5-7-14(15)18(26)19-10-16(24)20-21-17(25)11-23-13(3)9-12(2)22-23/h5-9H,4,10-11H2,1-3H3,(H,19,26)(H,20,24)(H,21,25). The van der Waals surface area contributed by atoms with Gasteiger partial charge in [0, 0.05) is 5.69 Å². The molecule has 0 atom stereocenters. The Hall–Kier alpha value is -3.36. The van der Waals surface area contributed by atoms with Crippen molar-refractivity contribution in [2.45, 2.75) is 27.3 Å². The molecular weight excluding hydrogens is 350 g/mol. The largest absolute Gasteiger partial charge is 0.493 e. The first-order chi connectivity index (χ1) is 12.9. The Morgan fingerprint density at radius 3 is 2.48 bits per heavy atom. The van der Waals surface area contributed by atoms with Crippen LogP contribution in [0.3, 0.4) is 0 Å². The van der Waals surface area contributed by atoms with Crippen LogP contribution < -0.4 is 20.9 Å². The number of nitrogens with zero attached hydrogens (tertiary/aromatic N) is 2. The number of para-hydroxylation sites is 1. The summed E-state index contributed by atoms with van der Waals surface area (Å²) in [5.74, 6) is -0.985. The average molecular weight is 373 g/mol. The number of carbonyl (C=O) groups is 3. The fourth-order valence-corrected chi connectivity index (χ4v) is 2.39. The molecule has 0 bridgehead atoms. The van der Waals surface area contributed by atoms with Crippen molar-refractivity contribution in [3.8, 4) is 5.75 Å². The first-order valence-corrected chi connectivity index (χ1v) is 8.49. The highest BCUT2D eigenvalue weighted by Gasteiger charge is 2.13. The second-order valence-electron chi connectivity index (χ2n) is 5.79. The van der Waals surface area contributed by atoms with Crippen LogP contribution in [0.1, 0.15) is 28.7 Å². The Kier molecular flexibility index (Phi) is 6.93. The van der Waals surface area contributed by atoms with E-state index in [1.54, 1.807) is 24.3 Å². The summed E-state index contributed by atoms with van der Waals surface area (Å²) in [6, 6.07) is 8.59. The second kappa shape index (κ2) is 9.37. The van der Waals surface area contributed by atoms with E-state index in [0.29, 0.717) is 17.9 Å². The van der Waals surface area contributed by atoms with E-state index in [4.69, 9.17) is 4.74 Å². The number of hydrazine groups is 1. The summed E-state index contributed by atoms with van der Waals surface area (Å²) in [6.07, 6.45) is 0. The third-order valence-electron chi connectivity index (χ3n) is 3.58. The minimum atomic E-state index is -0.557. The summed E-state index contributed by atoms with van der Waals surface area (Å²) in [4.78, 5) is 35.9. The molecule has 0 aliphatic heterocycles. The number of nitrogens with one attached hydrogen (secondary N) is 3. The van der Waals surface area contributed by atoms with Gasteiger partial charge in [0.15, 0.2) is 0 Å². The molecule has 3 amide bonds. The molecule has 0 radical (unpaired) electrons. The molecular formula is C18H23N5O4. The first-order valence-electron chi connectivity index (χ1n) is 8.49. The zero-order valence-electron chi connectivity index (χ0n) is 15.5. The SMILES string of the molecule is CCOc1ccccc1C(=O)NCC(=O)NNC(=O)Cn1nc(C)cc1C. The van der Waals surface area contributed by atoms with Gasteiger partial charge in [0.25, 0.3) is 17.7 Å². The van der Waals surface area contributed by atoms with E-state index in [-0.39, 0.29) is 13.1 Å². The minimum Gasteiger partial charge on any atom is -0.493 e. The van der Waals surface area contributed by atoms with Crippen LogP contribution in [0.4, 0.5) is 0 Å². The normalized spacial score (nSPS) is 10.2. The van der Waals surface area contributed by atoms with Crippen molar-refractivity contribution < 1.29 is 19.1 Å². The highest BCUT2D eigenvalue weighted by atomic mass is 16.5. The molecule has 1 aromatic carbocycles. The molecule has 9 nitrogen and oxygen atoms in total. The third-order valence-corrected chi connectivity index (χ3v) is 3.58. The number of ether oxygens (including phenoxy) is 1. The zero-order valence-corrected chi connectivity index (χ0v) is 15.5. The average Bonchev–Trinajstić information content (AvgIpc) is 2.95. The van der Waals surface area contributed by atoms with Gasteiger partial charge in [-0.2, -0.15) is 5.10 Å². The molecule has 0 aliphatic carbocycles. The molecule has 2 rings (SSSR count). The van der Waals surface area contributed by atoms with Gasteiger partial charge < -0.3 is 10.1 Å². The number of benzene rings is 1. The molecule has 3 N–H and O–H groups in total. The van der Waals surface area contributed by atoms with Crippen molar-refractivity contribution in [1.82, 2.24) is 25.9 Å². The maximum absolute atomic E-state index is 12.2. The molecule has 9 heteroatoms. The lowest BCUT2D eigenvalue weighted by atomic mass is 10.2. The van der Waals surface area contributed by atoms with E-state index < -0.39 is 17.7 Å². The number of aryl methyl sites for hydroxylation is 2. The zero-order chi connectivity index (χ0) is 19.8. The summed E-state index contributed by atoms with van der Waals surface area (Å²) in [6.45, 7) is 5.59. The van der Waals surface area contributed by atoms with Crippen LogP contribution in [-0.4, -0.2) is 40.7 Å². The molecule has 2 aromatic rings. The molecule has 0 aliphatic rings. The number of carbonyl (C=O) groups excluding carboxylic acids is 3. The van der Waals surface area contributed by atoms with Crippen LogP contribution in [0, 0.1) is 13.8 Å². The lowest BCUT2D eigenvalue weighted by Gasteiger charge is -2.11. The van der Waals surface area contributed by atoms with Crippen LogP contribution in [0.15, 0.2) is 30.3 Å². The Bertz CT molecular complexity index is 831. The van der Waals surface area contributed by atoms with Crippen LogP contribution in [-0.2, 0) is 16.1 Å². The van der Waals surface area contributed by atoms with Crippen molar-refractivity contribution in [1.29, 1.82) is 0 Å². The molecule has 1 heterocycles. The predicted molar refractivity (Wildman–Crippen MR) is 97.9 cm³/mol. The molecule has 0 saturated heterocycles. The Labute approximate surface area is 157 Å². The molecule has 144 valence electrons. The molecule has 27 heavy (non-hydrogen) atoms. The van der Waals surface area contributed by atoms with Gasteiger partial charge in [-0.3, -0.25) is 29.9 Å². The molecule has 0 unspecified atom stereocenters. The van der Waals surface area contributed by atoms with Gasteiger partial charge in [-0.1, -0.05) is 12.1 Å². The molecule has 0 fully saturated rings. The Balaban J connectivity index is 1.78. The van der Waals surface area contributed by atoms with Crippen LogP contribution in [0.2, 0.25) is 0 Å². The number of amides is 3. The third kappa shape index (κ3) is 5.84. The number of rotatable bonds is 7. The highest BCUT2D eigenvalue weighted by Crippen LogP contribution is 2.17. The van der Waals surface area contributed by atoms with E-state index in [1.165, 1.54) is 4.68 Å². The van der Waals surface area contributed by atoms with Gasteiger partial charge in [0.05, 0.1) is 24.4 Å². The van der Waals surface area contributed by atoms with E-state index in [2.05, 4.69) is 21.3 Å². The number of hydrogen-bond acceptors (Lipinski definition) is 5. The van der Waals surface area contributed by atoms with Gasteiger partial charge in [-0.05, 0) is 39.0 Å². The lowest BCUT2D eigenvalue weighted by molar-refractivity contribution is -0.128. The van der Waals surface area contributed by atoms with E-state index in [0.717, 1.165) is 11.4 Å². The summed E-state index contributed by atoms with van der Waals surface area (Å²) in [5, 5.41) is 6.65. The Morgan fingerprint density at radius 1 is 1.11 bits per heavy atom. The van der Waals surface area contributed by atoms with E-state index >= 15 is 0 Å². The molecule has 0 saturated carbocycles. The van der Waals surface area contributed by atoms with Crippen molar-refractivity contribution in [2.75, 3.05) is 13.2 Å². The fourth-order valence-electron chi connectivity index (χ4n) is 2.39. The minimum absolute atomic E-state index is 0.0198. The van der Waals surface area contributed by atoms with Crippen molar-refractivity contribution in [3.63, 3.8) is 0 Å². The maximum Gasteiger partial charge on any atom is 0.260 e. The van der Waals surface area contributed by atoms with Crippen molar-refractivity contribution in [3.05, 3.63) is 47.3 Å². The fraction of sp³-hybridized carbons (Fsp3) is 0.333. The van der Waals surface area contributed by atoms with E-state index in [1.807, 2.05) is 26.8 Å². The number of aromatic nitrogens is 2. The molecule has 1 aromatic heterocycles. The topological polar surface area (TPSA) is 114 Å². The van der Waals surface area contributed by atoms with Crippen LogP contribution in [0.25, 0.3) is 0 Å². The summed E-state index contributed by atoms with van der Waals surface area (Å²) in [5.41, 5.74) is 6.52. The van der Waals surface area contributed by atoms with Gasteiger partial charge in [-0.25, -0.2) is 0 Å². The van der Waals surface area contributed by atoms with Gasteiger partial charge in [0.1, 0.15) is 12.3 Å². The van der Waals surface area contributed by atoms with Gasteiger partial charge >= 0.3 is 0 Å². The maximum atomic E-state index is 12.2. The van der Waals surface area contributed by atoms with Crippen molar-refractivity contribution in [2.24, 2.45) is 0 Å². The van der Waals surface area contributed by atoms with Gasteiger partial charge in [-0.15, -0.1) is 0 Å². The monoisotopic (exact) mass is 373 g/mol. The molecule has 0 spiro atoms. The van der Waals surface area contributed by atoms with Gasteiger partial charge in [0.2, 0.25) is 0 Å². The summed E-state index contributed by atoms with van der Waals surface area (Å²) < 4.78 is 6.92. The second-order valence-corrected chi connectivity index (χ2v) is 5.79. The lowest BCUT2D eigenvalue weighted by Crippen LogP contribution is -2.47. The smallest absolute Gasteiger partial charge is 0.260 e. The summed E-state index contributed by atoms with van der Waals surface area (Å²) >= 11 is 0. The van der Waals surface area contributed by atoms with Crippen LogP contribution in [0.5, 0.6) is 5.75 Å². The van der Waals surface area contributed by atoms with Crippen LogP contribution >= 0.6 is 0 Å². The van der Waals surface area contributed by atoms with Crippen molar-refractivity contribution >= 4 is 17.7 Å².